The van der Waals surface area contributed by atoms with Crippen LogP contribution in [0.4, 0.5) is 0 Å². The van der Waals surface area contributed by atoms with E-state index in [2.05, 4.69) is 19.1 Å². The molecule has 2 unspecified atom stereocenters. The Kier molecular flexibility index (Phi) is 8.32. The molecule has 0 heterocycles. The van der Waals surface area contributed by atoms with Crippen molar-refractivity contribution in [3.8, 4) is 6.07 Å². The zero-order chi connectivity index (χ0) is 19.5. The Morgan fingerprint density at radius 2 is 1.70 bits per heavy atom. The normalized spacial score (nSPS) is 13.4. The predicted molar refractivity (Wildman–Crippen MR) is 109 cm³/mol. The molecule has 0 saturated carbocycles. The first kappa shape index (κ1) is 20.5. The third-order valence-corrected chi connectivity index (χ3v) is 4.64. The van der Waals surface area contributed by atoms with Gasteiger partial charge >= 0.3 is 5.97 Å². The van der Waals surface area contributed by atoms with Gasteiger partial charge in [-0.05, 0) is 42.4 Å². The number of esters is 1. The molecule has 0 bridgehead atoms. The van der Waals surface area contributed by atoms with E-state index in [9.17, 15) is 10.1 Å². The van der Waals surface area contributed by atoms with Crippen molar-refractivity contribution in [2.45, 2.75) is 51.6 Å². The van der Waals surface area contributed by atoms with Gasteiger partial charge in [-0.3, -0.25) is 0 Å². The van der Waals surface area contributed by atoms with E-state index in [4.69, 9.17) is 4.74 Å². The van der Waals surface area contributed by atoms with Gasteiger partial charge in [-0.15, -0.1) is 0 Å². The van der Waals surface area contributed by atoms with Crippen LogP contribution in [0.2, 0.25) is 0 Å². The fourth-order valence-corrected chi connectivity index (χ4v) is 3.18. The van der Waals surface area contributed by atoms with E-state index in [1.165, 1.54) is 5.56 Å². The number of nitriles is 1. The highest BCUT2D eigenvalue weighted by Gasteiger charge is 2.21. The quantitative estimate of drug-likeness (QED) is 0.318. The third kappa shape index (κ3) is 6.42. The molecule has 0 amide bonds. The summed E-state index contributed by atoms with van der Waals surface area (Å²) in [6.45, 7) is 4.18. The molecule has 2 aromatic carbocycles. The van der Waals surface area contributed by atoms with Gasteiger partial charge in [0, 0.05) is 0 Å². The number of hydrogen-bond donors (Lipinski definition) is 0. The van der Waals surface area contributed by atoms with Crippen molar-refractivity contribution in [3.05, 3.63) is 77.4 Å². The molecule has 0 aliphatic rings. The Labute approximate surface area is 162 Å². The molecule has 0 fully saturated rings. The minimum absolute atomic E-state index is 0.0337. The summed E-state index contributed by atoms with van der Waals surface area (Å²) in [5, 5.41) is 9.37. The summed E-state index contributed by atoms with van der Waals surface area (Å²) in [6.07, 6.45) is 4.98. The van der Waals surface area contributed by atoms with Crippen LogP contribution >= 0.6 is 0 Å². The number of carbonyl (C=O) groups excluding carboxylic acids is 1. The number of nitrogens with zero attached hydrogens (tertiary/aromatic N) is 1. The summed E-state index contributed by atoms with van der Waals surface area (Å²) in [4.78, 5) is 12.5. The van der Waals surface area contributed by atoms with E-state index in [-0.39, 0.29) is 11.7 Å². The lowest BCUT2D eigenvalue weighted by Crippen LogP contribution is -2.21. The van der Waals surface area contributed by atoms with Gasteiger partial charge in [0.05, 0.1) is 0 Å². The Balaban J connectivity index is 2.09. The summed E-state index contributed by atoms with van der Waals surface area (Å²) in [5.41, 5.74) is 2.12. The van der Waals surface area contributed by atoms with Crippen molar-refractivity contribution >= 4 is 12.0 Å². The Hall–Kier alpha value is -2.86. The highest BCUT2D eigenvalue weighted by Crippen LogP contribution is 2.28. The fourth-order valence-electron chi connectivity index (χ4n) is 3.18. The second-order valence-electron chi connectivity index (χ2n) is 6.65. The molecule has 0 spiro atoms. The maximum Gasteiger partial charge on any atom is 0.349 e. The van der Waals surface area contributed by atoms with Crippen LogP contribution in [0.25, 0.3) is 6.08 Å². The number of carbonyl (C=O) groups is 1. The first-order chi connectivity index (χ1) is 13.2. The fraction of sp³-hybridized carbons (Fsp3) is 0.333. The second kappa shape index (κ2) is 11.0. The number of ether oxygens (including phenoxy) is 1. The second-order valence-corrected chi connectivity index (χ2v) is 6.65. The molecule has 0 aliphatic heterocycles. The lowest BCUT2D eigenvalue weighted by atomic mass is 9.88. The molecule has 0 N–H and O–H groups in total. The molecule has 140 valence electrons. The van der Waals surface area contributed by atoms with Gasteiger partial charge in [-0.2, -0.15) is 5.26 Å². The average molecular weight is 361 g/mol. The van der Waals surface area contributed by atoms with Crippen molar-refractivity contribution in [1.29, 1.82) is 5.26 Å². The van der Waals surface area contributed by atoms with Gasteiger partial charge in [-0.1, -0.05) is 80.9 Å². The molecular formula is C24H27NO2. The summed E-state index contributed by atoms with van der Waals surface area (Å²) in [6, 6.07) is 21.7. The molecule has 3 nitrogen and oxygen atoms in total. The molecule has 0 radical (unpaired) electrons. The van der Waals surface area contributed by atoms with Gasteiger partial charge in [0.15, 0.2) is 0 Å². The van der Waals surface area contributed by atoms with Crippen molar-refractivity contribution in [2.75, 3.05) is 0 Å². The van der Waals surface area contributed by atoms with Gasteiger partial charge in [-0.25, -0.2) is 4.79 Å². The monoisotopic (exact) mass is 361 g/mol. The molecular weight excluding hydrogens is 334 g/mol. The van der Waals surface area contributed by atoms with Gasteiger partial charge in [0.1, 0.15) is 17.7 Å². The predicted octanol–water partition coefficient (Wildman–Crippen LogP) is 5.89. The van der Waals surface area contributed by atoms with E-state index >= 15 is 0 Å². The highest BCUT2D eigenvalue weighted by molar-refractivity contribution is 5.97. The zero-order valence-electron chi connectivity index (χ0n) is 16.1. The van der Waals surface area contributed by atoms with Crippen molar-refractivity contribution in [2.24, 2.45) is 0 Å². The summed E-state index contributed by atoms with van der Waals surface area (Å²) in [7, 11) is 0. The van der Waals surface area contributed by atoms with E-state index in [1.807, 2.05) is 61.5 Å². The van der Waals surface area contributed by atoms with Crippen LogP contribution < -0.4 is 0 Å². The number of hydrogen-bond acceptors (Lipinski definition) is 3. The van der Waals surface area contributed by atoms with E-state index in [0.717, 1.165) is 31.2 Å². The molecule has 2 rings (SSSR count). The van der Waals surface area contributed by atoms with E-state index in [1.54, 1.807) is 6.08 Å². The Morgan fingerprint density at radius 3 is 2.26 bits per heavy atom. The van der Waals surface area contributed by atoms with Crippen LogP contribution in [-0.4, -0.2) is 12.1 Å². The molecule has 27 heavy (non-hydrogen) atoms. The maximum absolute atomic E-state index is 12.5. The first-order valence-corrected chi connectivity index (χ1v) is 9.60. The Morgan fingerprint density at radius 1 is 1.07 bits per heavy atom. The van der Waals surface area contributed by atoms with Crippen LogP contribution in [-0.2, 0) is 9.53 Å². The van der Waals surface area contributed by atoms with Gasteiger partial charge in [0.25, 0.3) is 0 Å². The smallest absolute Gasteiger partial charge is 0.349 e. The minimum Gasteiger partial charge on any atom is -0.458 e. The Bertz CT molecular complexity index is 775. The lowest BCUT2D eigenvalue weighted by Gasteiger charge is -2.23. The van der Waals surface area contributed by atoms with Crippen LogP contribution in [0.15, 0.2) is 66.2 Å². The standard InChI is InChI=1S/C24H27NO2/c1-3-11-21(20-14-9-6-10-15-20)17-23(4-2)27-24(26)22(18-25)16-19-12-7-5-8-13-19/h5-10,12-16,21,23H,3-4,11,17H2,1-2H3. The van der Waals surface area contributed by atoms with Gasteiger partial charge < -0.3 is 4.74 Å². The third-order valence-electron chi connectivity index (χ3n) is 4.64. The summed E-state index contributed by atoms with van der Waals surface area (Å²) in [5.74, 6) is -0.200. The van der Waals surface area contributed by atoms with E-state index in [0.29, 0.717) is 5.92 Å². The molecule has 2 aromatic rings. The first-order valence-electron chi connectivity index (χ1n) is 9.60. The van der Waals surface area contributed by atoms with Crippen LogP contribution in [0.1, 0.15) is 56.6 Å². The van der Waals surface area contributed by atoms with Crippen LogP contribution in [0.3, 0.4) is 0 Å². The lowest BCUT2D eigenvalue weighted by molar-refractivity contribution is -0.144. The minimum atomic E-state index is -0.545. The van der Waals surface area contributed by atoms with Gasteiger partial charge in [0.2, 0.25) is 0 Å². The molecule has 0 aliphatic carbocycles. The summed E-state index contributed by atoms with van der Waals surface area (Å²) < 4.78 is 5.69. The van der Waals surface area contributed by atoms with Crippen molar-refractivity contribution < 1.29 is 9.53 Å². The maximum atomic E-state index is 12.5. The average Bonchev–Trinajstić information content (AvgIpc) is 2.72. The zero-order valence-corrected chi connectivity index (χ0v) is 16.1. The largest absolute Gasteiger partial charge is 0.458 e. The van der Waals surface area contributed by atoms with Crippen molar-refractivity contribution in [3.63, 3.8) is 0 Å². The molecule has 2 atom stereocenters. The highest BCUT2D eigenvalue weighted by atomic mass is 16.5. The molecule has 3 heteroatoms. The molecule has 0 aromatic heterocycles. The van der Waals surface area contributed by atoms with Crippen molar-refractivity contribution in [1.82, 2.24) is 0 Å². The van der Waals surface area contributed by atoms with E-state index < -0.39 is 5.97 Å². The summed E-state index contributed by atoms with van der Waals surface area (Å²) >= 11 is 0. The van der Waals surface area contributed by atoms with Crippen LogP contribution in [0, 0.1) is 11.3 Å². The number of rotatable bonds is 9. The van der Waals surface area contributed by atoms with Crippen LogP contribution in [0.5, 0.6) is 0 Å². The topological polar surface area (TPSA) is 50.1 Å². The number of benzene rings is 2. The SMILES string of the molecule is CCCC(CC(CC)OC(=O)C(C#N)=Cc1ccccc1)c1ccccc1. The molecule has 0 saturated heterocycles.